The summed E-state index contributed by atoms with van der Waals surface area (Å²) in [5.74, 6) is 1.15. The Balaban J connectivity index is 1.70. The van der Waals surface area contributed by atoms with Crippen LogP contribution in [-0.4, -0.2) is 23.5 Å². The largest absolute Gasteiger partial charge is 0.505 e. The lowest BCUT2D eigenvalue weighted by Crippen LogP contribution is -2.19. The molecule has 2 aromatic rings. The van der Waals surface area contributed by atoms with E-state index in [2.05, 4.69) is 44.8 Å². The molecule has 1 aliphatic carbocycles. The number of aryl methyl sites for hydroxylation is 1. The summed E-state index contributed by atoms with van der Waals surface area (Å²) in [5.41, 5.74) is 3.90. The number of halogens is 1. The van der Waals surface area contributed by atoms with Crippen LogP contribution in [0.2, 0.25) is 0 Å². The normalized spacial score (nSPS) is 27.0. The highest BCUT2D eigenvalue weighted by Crippen LogP contribution is 2.53. The van der Waals surface area contributed by atoms with Gasteiger partial charge < -0.3 is 9.47 Å². The lowest BCUT2D eigenvalue weighted by molar-refractivity contribution is -0.0366. The predicted molar refractivity (Wildman–Crippen MR) is 98.0 cm³/mol. The Kier molecular flexibility index (Phi) is 4.39. The molecule has 1 saturated carbocycles. The second kappa shape index (κ2) is 6.52. The van der Waals surface area contributed by atoms with Crippen molar-refractivity contribution in [3.05, 3.63) is 40.2 Å². The monoisotopic (exact) mass is 390 g/mol. The molecule has 1 aromatic heterocycles. The summed E-state index contributed by atoms with van der Waals surface area (Å²) >= 11 is 3.86. The Bertz CT molecular complexity index is 777. The standard InChI is InChI=1S/C19H23BrN2O2/c1-12-9-16-15(11-21-22(16)17-5-3-4-7-24-17)19(20)18(12)14-10-13(14)6-8-23-2/h6,8-9,11,13-14,17H,3-5,7,10H2,1-2H3/t13-,14+,17?/m0/s1. The van der Waals surface area contributed by atoms with E-state index in [9.17, 15) is 0 Å². The van der Waals surface area contributed by atoms with Gasteiger partial charge in [0.05, 0.1) is 25.1 Å². The molecule has 0 amide bonds. The van der Waals surface area contributed by atoms with Crippen molar-refractivity contribution in [1.29, 1.82) is 0 Å². The van der Waals surface area contributed by atoms with Crippen molar-refractivity contribution in [2.75, 3.05) is 13.7 Å². The number of rotatable bonds is 4. The first-order valence-corrected chi connectivity index (χ1v) is 9.47. The van der Waals surface area contributed by atoms with Crippen molar-refractivity contribution in [2.24, 2.45) is 5.92 Å². The maximum absolute atomic E-state index is 5.92. The van der Waals surface area contributed by atoms with E-state index >= 15 is 0 Å². The van der Waals surface area contributed by atoms with E-state index in [4.69, 9.17) is 9.47 Å². The number of allylic oxidation sites excluding steroid dienone is 1. The van der Waals surface area contributed by atoms with Crippen LogP contribution in [0, 0.1) is 12.8 Å². The summed E-state index contributed by atoms with van der Waals surface area (Å²) in [7, 11) is 1.70. The quantitative estimate of drug-likeness (QED) is 0.683. The van der Waals surface area contributed by atoms with Crippen LogP contribution in [0.15, 0.2) is 29.1 Å². The Hall–Kier alpha value is -1.33. The summed E-state index contributed by atoms with van der Waals surface area (Å²) in [6, 6.07) is 2.27. The van der Waals surface area contributed by atoms with E-state index < -0.39 is 0 Å². The lowest BCUT2D eigenvalue weighted by atomic mass is 10.0. The van der Waals surface area contributed by atoms with Crippen LogP contribution in [0.1, 0.15) is 49.0 Å². The molecule has 0 bridgehead atoms. The molecule has 2 heterocycles. The van der Waals surface area contributed by atoms with Gasteiger partial charge in [0.15, 0.2) is 6.23 Å². The molecule has 2 aliphatic rings. The minimum Gasteiger partial charge on any atom is -0.505 e. The van der Waals surface area contributed by atoms with Gasteiger partial charge in [-0.1, -0.05) is 0 Å². The third kappa shape index (κ3) is 2.78. The molecular formula is C19H23BrN2O2. The lowest BCUT2D eigenvalue weighted by Gasteiger charge is -2.23. The zero-order chi connectivity index (χ0) is 16.7. The van der Waals surface area contributed by atoms with Crippen molar-refractivity contribution >= 4 is 26.8 Å². The highest BCUT2D eigenvalue weighted by molar-refractivity contribution is 9.10. The fraction of sp³-hybridized carbons (Fsp3) is 0.526. The number of benzene rings is 1. The second-order valence-corrected chi connectivity index (χ2v) is 7.63. The van der Waals surface area contributed by atoms with Gasteiger partial charge in [0, 0.05) is 16.5 Å². The molecule has 0 N–H and O–H groups in total. The van der Waals surface area contributed by atoms with E-state index in [0.29, 0.717) is 11.8 Å². The fourth-order valence-corrected chi connectivity index (χ4v) is 4.74. The second-order valence-electron chi connectivity index (χ2n) is 6.83. The van der Waals surface area contributed by atoms with Crippen molar-refractivity contribution in [2.45, 2.75) is 44.8 Å². The number of ether oxygens (including phenoxy) is 2. The highest BCUT2D eigenvalue weighted by Gasteiger charge is 2.39. The van der Waals surface area contributed by atoms with Gasteiger partial charge in [-0.2, -0.15) is 5.10 Å². The third-order valence-electron chi connectivity index (χ3n) is 5.19. The number of hydrogen-bond donors (Lipinski definition) is 0. The van der Waals surface area contributed by atoms with Gasteiger partial charge >= 0.3 is 0 Å². The minimum absolute atomic E-state index is 0.0757. The third-order valence-corrected chi connectivity index (χ3v) is 6.04. The maximum Gasteiger partial charge on any atom is 0.150 e. The van der Waals surface area contributed by atoms with E-state index in [1.807, 2.05) is 6.20 Å². The van der Waals surface area contributed by atoms with Crippen molar-refractivity contribution in [3.63, 3.8) is 0 Å². The Morgan fingerprint density at radius 3 is 3.04 bits per heavy atom. The summed E-state index contributed by atoms with van der Waals surface area (Å²) in [6.07, 6.45) is 10.6. The van der Waals surface area contributed by atoms with Gasteiger partial charge in [-0.15, -0.1) is 0 Å². The van der Waals surface area contributed by atoms with Crippen molar-refractivity contribution in [1.82, 2.24) is 9.78 Å². The molecule has 1 unspecified atom stereocenters. The molecule has 1 saturated heterocycles. The first-order valence-electron chi connectivity index (χ1n) is 8.68. The molecule has 1 aliphatic heterocycles. The molecule has 24 heavy (non-hydrogen) atoms. The molecule has 0 radical (unpaired) electrons. The minimum atomic E-state index is 0.0757. The average molecular weight is 391 g/mol. The molecular weight excluding hydrogens is 368 g/mol. The van der Waals surface area contributed by atoms with Crippen molar-refractivity contribution in [3.8, 4) is 0 Å². The number of fused-ring (bicyclic) bond motifs is 1. The molecule has 3 atom stereocenters. The van der Waals surface area contributed by atoms with Crippen LogP contribution >= 0.6 is 15.9 Å². The molecule has 128 valence electrons. The van der Waals surface area contributed by atoms with E-state index in [1.54, 1.807) is 13.4 Å². The van der Waals surface area contributed by atoms with E-state index in [0.717, 1.165) is 19.4 Å². The fourth-order valence-electron chi connectivity index (χ4n) is 3.83. The zero-order valence-corrected chi connectivity index (χ0v) is 15.8. The molecule has 4 rings (SSSR count). The van der Waals surface area contributed by atoms with Gasteiger partial charge in [-0.25, -0.2) is 4.68 Å². The summed E-state index contributed by atoms with van der Waals surface area (Å²) < 4.78 is 14.2. The van der Waals surface area contributed by atoms with Crippen molar-refractivity contribution < 1.29 is 9.47 Å². The number of hydrogen-bond acceptors (Lipinski definition) is 3. The molecule has 2 fully saturated rings. The number of methoxy groups -OCH3 is 1. The van der Waals surface area contributed by atoms with Crippen LogP contribution in [-0.2, 0) is 9.47 Å². The molecule has 5 heteroatoms. The van der Waals surface area contributed by atoms with Gasteiger partial charge in [0.1, 0.15) is 0 Å². The van der Waals surface area contributed by atoms with Crippen LogP contribution < -0.4 is 0 Å². The van der Waals surface area contributed by atoms with E-state index in [-0.39, 0.29) is 6.23 Å². The first-order chi connectivity index (χ1) is 11.7. The van der Waals surface area contributed by atoms with Gasteiger partial charge in [0.2, 0.25) is 0 Å². The van der Waals surface area contributed by atoms with Crippen LogP contribution in [0.5, 0.6) is 0 Å². The average Bonchev–Trinajstić information content (AvgIpc) is 3.22. The Morgan fingerprint density at radius 2 is 2.29 bits per heavy atom. The maximum atomic E-state index is 5.92. The SMILES string of the molecule is COC=C[C@H]1C[C@H]1c1c(C)cc2c(cnn2C2CCCCO2)c1Br. The van der Waals surface area contributed by atoms with Gasteiger partial charge in [0.25, 0.3) is 0 Å². The number of aromatic nitrogens is 2. The topological polar surface area (TPSA) is 36.3 Å². The molecule has 4 nitrogen and oxygen atoms in total. The number of nitrogens with zero attached hydrogens (tertiary/aromatic N) is 2. The van der Waals surface area contributed by atoms with E-state index in [1.165, 1.54) is 39.3 Å². The van der Waals surface area contributed by atoms with Gasteiger partial charge in [-0.05, 0) is 83.6 Å². The first kappa shape index (κ1) is 16.2. The predicted octanol–water partition coefficient (Wildman–Crippen LogP) is 5.07. The van der Waals surface area contributed by atoms with Gasteiger partial charge in [-0.3, -0.25) is 0 Å². The molecule has 0 spiro atoms. The smallest absolute Gasteiger partial charge is 0.150 e. The molecule has 1 aromatic carbocycles. The Morgan fingerprint density at radius 1 is 1.42 bits per heavy atom. The summed E-state index contributed by atoms with van der Waals surface area (Å²) in [5, 5.41) is 5.82. The summed E-state index contributed by atoms with van der Waals surface area (Å²) in [6.45, 7) is 3.04. The van der Waals surface area contributed by atoms with Crippen LogP contribution in [0.25, 0.3) is 10.9 Å². The summed E-state index contributed by atoms with van der Waals surface area (Å²) in [4.78, 5) is 0. The van der Waals surface area contributed by atoms with Crippen LogP contribution in [0.3, 0.4) is 0 Å². The van der Waals surface area contributed by atoms with Crippen LogP contribution in [0.4, 0.5) is 0 Å². The Labute approximate surface area is 150 Å². The highest BCUT2D eigenvalue weighted by atomic mass is 79.9. The zero-order valence-electron chi connectivity index (χ0n) is 14.2.